The summed E-state index contributed by atoms with van der Waals surface area (Å²) in [6.07, 6.45) is 3.58. The first-order chi connectivity index (χ1) is 6.63. The summed E-state index contributed by atoms with van der Waals surface area (Å²) in [5.41, 5.74) is 5.06. The van der Waals surface area contributed by atoms with E-state index in [0.29, 0.717) is 13.0 Å². The summed E-state index contributed by atoms with van der Waals surface area (Å²) >= 11 is 0. The molecule has 0 aromatic heterocycles. The Hall–Kier alpha value is -0.610. The van der Waals surface area contributed by atoms with Crippen molar-refractivity contribution >= 4 is 5.91 Å². The van der Waals surface area contributed by atoms with E-state index in [0.717, 1.165) is 19.3 Å². The molecule has 0 aliphatic heterocycles. The molecule has 0 heterocycles. The van der Waals surface area contributed by atoms with E-state index in [4.69, 9.17) is 10.8 Å². The third-order valence-corrected chi connectivity index (χ3v) is 3.05. The maximum atomic E-state index is 11.6. The van der Waals surface area contributed by atoms with Crippen LogP contribution < -0.4 is 11.1 Å². The first-order valence-electron chi connectivity index (χ1n) is 5.26. The first kappa shape index (κ1) is 11.5. The van der Waals surface area contributed by atoms with E-state index in [1.165, 1.54) is 0 Å². The summed E-state index contributed by atoms with van der Waals surface area (Å²) in [5.74, 6) is -0.0341. The Labute approximate surface area is 84.9 Å². The maximum absolute atomic E-state index is 11.6. The highest BCUT2D eigenvalue weighted by molar-refractivity contribution is 5.79. The van der Waals surface area contributed by atoms with Crippen molar-refractivity contribution in [2.75, 3.05) is 13.2 Å². The van der Waals surface area contributed by atoms with Crippen molar-refractivity contribution in [2.45, 2.75) is 38.1 Å². The quantitative estimate of drug-likeness (QED) is 0.585. The van der Waals surface area contributed by atoms with Gasteiger partial charge in [0, 0.05) is 5.92 Å². The number of carbonyl (C=O) groups excluding carboxylic acids is 1. The van der Waals surface area contributed by atoms with E-state index in [1.54, 1.807) is 0 Å². The second kappa shape index (κ2) is 4.75. The van der Waals surface area contributed by atoms with Crippen LogP contribution in [-0.2, 0) is 4.79 Å². The molecule has 1 unspecified atom stereocenters. The zero-order chi connectivity index (χ0) is 10.6. The average Bonchev–Trinajstić information content (AvgIpc) is 2.11. The Morgan fingerprint density at radius 2 is 2.29 bits per heavy atom. The number of rotatable bonds is 5. The Kier molecular flexibility index (Phi) is 3.89. The average molecular weight is 200 g/mol. The van der Waals surface area contributed by atoms with Gasteiger partial charge in [0.1, 0.15) is 0 Å². The Morgan fingerprint density at radius 1 is 1.64 bits per heavy atom. The van der Waals surface area contributed by atoms with Crippen LogP contribution in [0.4, 0.5) is 0 Å². The largest absolute Gasteiger partial charge is 0.394 e. The SMILES string of the molecule is CC(CCN)C(=O)NC1(CO)CCC1. The minimum Gasteiger partial charge on any atom is -0.394 e. The molecule has 0 aromatic carbocycles. The van der Waals surface area contributed by atoms with E-state index >= 15 is 0 Å². The minimum atomic E-state index is -0.320. The maximum Gasteiger partial charge on any atom is 0.223 e. The molecule has 1 rings (SSSR count). The van der Waals surface area contributed by atoms with Gasteiger partial charge in [0.05, 0.1) is 12.1 Å². The van der Waals surface area contributed by atoms with Crippen LogP contribution in [-0.4, -0.2) is 29.7 Å². The van der Waals surface area contributed by atoms with E-state index in [2.05, 4.69) is 5.32 Å². The van der Waals surface area contributed by atoms with E-state index in [-0.39, 0.29) is 24.0 Å². The predicted molar refractivity (Wildman–Crippen MR) is 54.6 cm³/mol. The topological polar surface area (TPSA) is 75.4 Å². The number of hydrogen-bond donors (Lipinski definition) is 3. The molecule has 1 fully saturated rings. The highest BCUT2D eigenvalue weighted by Crippen LogP contribution is 2.31. The minimum absolute atomic E-state index is 0.0178. The second-order valence-electron chi connectivity index (χ2n) is 4.26. The van der Waals surface area contributed by atoms with Gasteiger partial charge in [-0.3, -0.25) is 4.79 Å². The zero-order valence-electron chi connectivity index (χ0n) is 8.75. The van der Waals surface area contributed by atoms with Crippen LogP contribution in [0, 0.1) is 5.92 Å². The van der Waals surface area contributed by atoms with Gasteiger partial charge in [-0.1, -0.05) is 6.92 Å². The lowest BCUT2D eigenvalue weighted by molar-refractivity contribution is -0.128. The fraction of sp³-hybridized carbons (Fsp3) is 0.900. The Balaban J connectivity index is 2.38. The summed E-state index contributed by atoms with van der Waals surface area (Å²) in [7, 11) is 0. The summed E-state index contributed by atoms with van der Waals surface area (Å²) in [5, 5.41) is 12.1. The van der Waals surface area contributed by atoms with Crippen molar-refractivity contribution in [3.63, 3.8) is 0 Å². The van der Waals surface area contributed by atoms with Crippen LogP contribution in [0.5, 0.6) is 0 Å². The molecule has 1 aliphatic carbocycles. The smallest absolute Gasteiger partial charge is 0.223 e. The molecule has 0 bridgehead atoms. The van der Waals surface area contributed by atoms with Crippen LogP contribution in [0.3, 0.4) is 0 Å². The van der Waals surface area contributed by atoms with Crippen LogP contribution in [0.2, 0.25) is 0 Å². The highest BCUT2D eigenvalue weighted by Gasteiger charge is 2.38. The molecular formula is C10H20N2O2. The molecule has 1 amide bonds. The lowest BCUT2D eigenvalue weighted by Crippen LogP contribution is -2.57. The van der Waals surface area contributed by atoms with Gasteiger partial charge in [-0.15, -0.1) is 0 Å². The number of hydrogen-bond acceptors (Lipinski definition) is 3. The van der Waals surface area contributed by atoms with Crippen molar-refractivity contribution in [1.82, 2.24) is 5.32 Å². The lowest BCUT2D eigenvalue weighted by Gasteiger charge is -2.41. The molecule has 0 spiro atoms. The molecule has 4 N–H and O–H groups in total. The summed E-state index contributed by atoms with van der Waals surface area (Å²) in [6, 6.07) is 0. The van der Waals surface area contributed by atoms with Crippen LogP contribution >= 0.6 is 0 Å². The zero-order valence-corrected chi connectivity index (χ0v) is 8.75. The van der Waals surface area contributed by atoms with Gasteiger partial charge in [-0.2, -0.15) is 0 Å². The standard InChI is InChI=1S/C10H20N2O2/c1-8(3-6-11)9(14)12-10(7-13)4-2-5-10/h8,13H,2-7,11H2,1H3,(H,12,14). The molecule has 0 radical (unpaired) electrons. The van der Waals surface area contributed by atoms with Crippen molar-refractivity contribution in [3.8, 4) is 0 Å². The third-order valence-electron chi connectivity index (χ3n) is 3.05. The second-order valence-corrected chi connectivity index (χ2v) is 4.26. The third kappa shape index (κ3) is 2.45. The van der Waals surface area contributed by atoms with Gasteiger partial charge < -0.3 is 16.2 Å². The van der Waals surface area contributed by atoms with Gasteiger partial charge >= 0.3 is 0 Å². The van der Waals surface area contributed by atoms with Crippen molar-refractivity contribution in [3.05, 3.63) is 0 Å². The normalized spacial score (nSPS) is 21.1. The van der Waals surface area contributed by atoms with Gasteiger partial charge in [-0.05, 0) is 32.2 Å². The fourth-order valence-electron chi connectivity index (χ4n) is 1.69. The van der Waals surface area contributed by atoms with Gasteiger partial charge in [-0.25, -0.2) is 0 Å². The number of aliphatic hydroxyl groups excluding tert-OH is 1. The number of amides is 1. The summed E-state index contributed by atoms with van der Waals surface area (Å²) < 4.78 is 0. The molecule has 14 heavy (non-hydrogen) atoms. The lowest BCUT2D eigenvalue weighted by atomic mass is 9.77. The number of carbonyl (C=O) groups is 1. The Bertz CT molecular complexity index is 197. The van der Waals surface area contributed by atoms with Crippen molar-refractivity contribution < 1.29 is 9.90 Å². The first-order valence-corrected chi connectivity index (χ1v) is 5.26. The number of nitrogens with two attached hydrogens (primary N) is 1. The molecule has 0 saturated heterocycles. The fourth-order valence-corrected chi connectivity index (χ4v) is 1.69. The molecule has 4 nitrogen and oxygen atoms in total. The monoisotopic (exact) mass is 200 g/mol. The molecular weight excluding hydrogens is 180 g/mol. The van der Waals surface area contributed by atoms with Crippen LogP contribution in [0.15, 0.2) is 0 Å². The van der Waals surface area contributed by atoms with Gasteiger partial charge in [0.25, 0.3) is 0 Å². The van der Waals surface area contributed by atoms with Gasteiger partial charge in [0.2, 0.25) is 5.91 Å². The number of aliphatic hydroxyl groups is 1. The highest BCUT2D eigenvalue weighted by atomic mass is 16.3. The molecule has 1 aliphatic rings. The van der Waals surface area contributed by atoms with E-state index in [1.807, 2.05) is 6.92 Å². The van der Waals surface area contributed by atoms with E-state index < -0.39 is 0 Å². The molecule has 1 atom stereocenters. The summed E-state index contributed by atoms with van der Waals surface area (Å²) in [6.45, 7) is 2.45. The molecule has 82 valence electrons. The molecule has 4 heteroatoms. The van der Waals surface area contributed by atoms with Gasteiger partial charge in [0.15, 0.2) is 0 Å². The summed E-state index contributed by atoms with van der Waals surface area (Å²) in [4.78, 5) is 11.6. The molecule has 1 saturated carbocycles. The number of nitrogens with one attached hydrogen (secondary N) is 1. The Morgan fingerprint density at radius 3 is 2.64 bits per heavy atom. The van der Waals surface area contributed by atoms with E-state index in [9.17, 15) is 4.79 Å². The van der Waals surface area contributed by atoms with Crippen molar-refractivity contribution in [1.29, 1.82) is 0 Å². The molecule has 0 aromatic rings. The van der Waals surface area contributed by atoms with Crippen LogP contribution in [0.25, 0.3) is 0 Å². The predicted octanol–water partition coefficient (Wildman–Crippen LogP) is 0.00250. The van der Waals surface area contributed by atoms with Crippen LogP contribution in [0.1, 0.15) is 32.6 Å². The van der Waals surface area contributed by atoms with Crippen molar-refractivity contribution in [2.24, 2.45) is 11.7 Å².